The first-order chi connectivity index (χ1) is 17.2. The molecular formula is C25H28N6O4. The molecule has 1 amide bonds. The van der Waals surface area contributed by atoms with Gasteiger partial charge in [-0.05, 0) is 24.0 Å². The summed E-state index contributed by atoms with van der Waals surface area (Å²) in [5, 5.41) is 21.0. The van der Waals surface area contributed by atoms with Crippen molar-refractivity contribution in [1.82, 2.24) is 20.4 Å². The summed E-state index contributed by atoms with van der Waals surface area (Å²) in [6, 6.07) is 19.7. The number of aromatic nitrogens is 4. The van der Waals surface area contributed by atoms with Gasteiger partial charge in [0.15, 0.2) is 0 Å². The fraction of sp³-hybridized carbons (Fsp3) is 0.280. The number of hydrogen-bond donors (Lipinski definition) is 2. The van der Waals surface area contributed by atoms with E-state index in [9.17, 15) is 9.59 Å². The molecule has 0 fully saturated rings. The van der Waals surface area contributed by atoms with Crippen molar-refractivity contribution in [2.24, 2.45) is 0 Å². The van der Waals surface area contributed by atoms with Crippen molar-refractivity contribution in [2.75, 3.05) is 17.7 Å². The maximum atomic E-state index is 12.0. The zero-order chi connectivity index (χ0) is 24.7. The number of aldehydes is 1. The summed E-state index contributed by atoms with van der Waals surface area (Å²) in [7, 11) is 1.73. The van der Waals surface area contributed by atoms with Crippen molar-refractivity contribution in [3.63, 3.8) is 0 Å². The second kappa shape index (κ2) is 14.0. The zero-order valence-electron chi connectivity index (χ0n) is 19.5. The Morgan fingerprint density at radius 2 is 1.34 bits per heavy atom. The second-order valence-electron chi connectivity index (χ2n) is 7.53. The first kappa shape index (κ1) is 25.3. The number of rotatable bonds is 11. The van der Waals surface area contributed by atoms with E-state index in [0.717, 1.165) is 30.3 Å². The molecule has 35 heavy (non-hydrogen) atoms. The smallest absolute Gasteiger partial charge is 0.322 e. The molecule has 0 bridgehead atoms. The number of anilines is 2. The highest BCUT2D eigenvalue weighted by Crippen LogP contribution is 2.12. The minimum Gasteiger partial charge on any atom is -0.408 e. The Bertz CT molecular complexity index is 1160. The van der Waals surface area contributed by atoms with Crippen LogP contribution in [-0.2, 0) is 35.3 Å². The van der Waals surface area contributed by atoms with Gasteiger partial charge in [0, 0.05) is 26.3 Å². The fourth-order valence-electron chi connectivity index (χ4n) is 3.07. The molecule has 0 spiro atoms. The van der Waals surface area contributed by atoms with E-state index in [1.54, 1.807) is 7.05 Å². The Hall–Kier alpha value is -4.34. The normalized spacial score (nSPS) is 10.2. The van der Waals surface area contributed by atoms with E-state index >= 15 is 0 Å². The Kier molecular flexibility index (Phi) is 10.1. The fourth-order valence-corrected chi connectivity index (χ4v) is 3.07. The Balaban J connectivity index is 0.000000320. The molecule has 2 N–H and O–H groups in total. The number of benzene rings is 2. The maximum Gasteiger partial charge on any atom is 0.322 e. The number of nitrogens with one attached hydrogen (secondary N) is 2. The van der Waals surface area contributed by atoms with E-state index in [1.165, 1.54) is 0 Å². The highest BCUT2D eigenvalue weighted by atomic mass is 16.4. The molecule has 0 aliphatic carbocycles. The second-order valence-corrected chi connectivity index (χ2v) is 7.53. The largest absolute Gasteiger partial charge is 0.408 e. The van der Waals surface area contributed by atoms with Crippen molar-refractivity contribution >= 4 is 24.2 Å². The summed E-state index contributed by atoms with van der Waals surface area (Å²) in [4.78, 5) is 21.9. The van der Waals surface area contributed by atoms with Gasteiger partial charge in [-0.15, -0.1) is 10.2 Å². The Morgan fingerprint density at radius 3 is 1.89 bits per heavy atom. The Labute approximate surface area is 203 Å². The lowest BCUT2D eigenvalue weighted by molar-refractivity contribution is -0.115. The van der Waals surface area contributed by atoms with Gasteiger partial charge in [0.1, 0.15) is 6.29 Å². The van der Waals surface area contributed by atoms with Crippen LogP contribution >= 0.6 is 0 Å². The van der Waals surface area contributed by atoms with E-state index in [4.69, 9.17) is 8.83 Å². The number of aryl methyl sites for hydroxylation is 2. The van der Waals surface area contributed by atoms with Gasteiger partial charge in [-0.25, -0.2) is 0 Å². The molecule has 2 aromatic heterocycles. The van der Waals surface area contributed by atoms with Crippen molar-refractivity contribution in [3.8, 4) is 0 Å². The molecule has 4 rings (SSSR count). The van der Waals surface area contributed by atoms with Gasteiger partial charge in [0.2, 0.25) is 17.7 Å². The summed E-state index contributed by atoms with van der Waals surface area (Å²) in [5.74, 6) is 0.887. The number of nitrogens with zero attached hydrogens (tertiary/aromatic N) is 4. The number of unbranched alkanes of at least 4 members (excludes halogenated alkanes) is 1. The molecule has 0 aliphatic rings. The van der Waals surface area contributed by atoms with E-state index in [1.807, 2.05) is 60.7 Å². The minimum absolute atomic E-state index is 0.122. The molecule has 0 saturated heterocycles. The van der Waals surface area contributed by atoms with Crippen LogP contribution in [-0.4, -0.2) is 39.6 Å². The number of amides is 1. The van der Waals surface area contributed by atoms with Gasteiger partial charge in [-0.1, -0.05) is 70.9 Å². The van der Waals surface area contributed by atoms with Gasteiger partial charge >= 0.3 is 12.0 Å². The third-order valence-corrected chi connectivity index (χ3v) is 4.79. The maximum absolute atomic E-state index is 12.0. The summed E-state index contributed by atoms with van der Waals surface area (Å²) < 4.78 is 10.8. The van der Waals surface area contributed by atoms with Crippen LogP contribution in [0.1, 0.15) is 35.7 Å². The molecule has 182 valence electrons. The molecular weight excluding hydrogens is 448 g/mol. The van der Waals surface area contributed by atoms with Crippen molar-refractivity contribution in [2.45, 2.75) is 38.5 Å². The van der Waals surface area contributed by atoms with Crippen LogP contribution in [0.3, 0.4) is 0 Å². The van der Waals surface area contributed by atoms with Gasteiger partial charge in [0.05, 0.1) is 6.42 Å². The van der Waals surface area contributed by atoms with E-state index in [2.05, 4.69) is 31.0 Å². The van der Waals surface area contributed by atoms with Crippen LogP contribution in [0.2, 0.25) is 0 Å². The van der Waals surface area contributed by atoms with Crippen LogP contribution in [0.4, 0.5) is 12.0 Å². The van der Waals surface area contributed by atoms with Gasteiger partial charge < -0.3 is 18.9 Å². The quantitative estimate of drug-likeness (QED) is 0.245. The van der Waals surface area contributed by atoms with E-state index in [0.29, 0.717) is 37.1 Å². The zero-order valence-corrected chi connectivity index (χ0v) is 19.5. The van der Waals surface area contributed by atoms with Crippen LogP contribution < -0.4 is 10.6 Å². The average molecular weight is 477 g/mol. The lowest BCUT2D eigenvalue weighted by Crippen LogP contribution is -2.14. The predicted molar refractivity (Wildman–Crippen MR) is 130 cm³/mol. The average Bonchev–Trinajstić information content (AvgIpc) is 3.53. The highest BCUT2D eigenvalue weighted by molar-refractivity contribution is 5.90. The van der Waals surface area contributed by atoms with Gasteiger partial charge in [-0.2, -0.15) is 0 Å². The Morgan fingerprint density at radius 1 is 0.800 bits per heavy atom. The third-order valence-electron chi connectivity index (χ3n) is 4.79. The van der Waals surface area contributed by atoms with Gasteiger partial charge in [0.25, 0.3) is 0 Å². The summed E-state index contributed by atoms with van der Waals surface area (Å²) in [6.07, 6.45) is 4.69. The molecule has 10 heteroatoms. The van der Waals surface area contributed by atoms with Crippen LogP contribution in [0.25, 0.3) is 0 Å². The first-order valence-electron chi connectivity index (χ1n) is 11.3. The molecule has 0 radical (unpaired) electrons. The van der Waals surface area contributed by atoms with Gasteiger partial charge in [-0.3, -0.25) is 10.1 Å². The van der Waals surface area contributed by atoms with Crippen molar-refractivity contribution in [3.05, 3.63) is 83.6 Å². The predicted octanol–water partition coefficient (Wildman–Crippen LogP) is 3.67. The molecule has 0 saturated carbocycles. The summed E-state index contributed by atoms with van der Waals surface area (Å²) in [6.45, 7) is 0. The molecule has 2 aromatic carbocycles. The standard InChI is InChI=1S/C17H20N6O3.C8H8O/c1-18-16-22-20-14(25-16)9-5-6-10-15-21-23-17(26-15)19-13(24)11-12-7-3-2-4-8-12;9-7-6-8-4-2-1-3-5-8/h2-4,7-8H,5-6,9-11H2,1H3,(H,18,22)(H,19,23,24);1-5,7H,6H2. The highest BCUT2D eigenvalue weighted by Gasteiger charge is 2.11. The molecule has 10 nitrogen and oxygen atoms in total. The third kappa shape index (κ3) is 9.20. The molecule has 4 aromatic rings. The van der Waals surface area contributed by atoms with Crippen LogP contribution in [0, 0.1) is 0 Å². The number of carbonyl (C=O) groups is 2. The molecule has 0 atom stereocenters. The van der Waals surface area contributed by atoms with E-state index in [-0.39, 0.29) is 18.3 Å². The first-order valence-corrected chi connectivity index (χ1v) is 11.3. The van der Waals surface area contributed by atoms with Crippen LogP contribution in [0.5, 0.6) is 0 Å². The van der Waals surface area contributed by atoms with Crippen molar-refractivity contribution in [1.29, 1.82) is 0 Å². The SMILES string of the molecule is CNc1nnc(CCCCc2nnc(NC(=O)Cc3ccccc3)o2)o1.O=CCc1ccccc1. The molecule has 2 heterocycles. The molecule has 0 aliphatic heterocycles. The lowest BCUT2D eigenvalue weighted by atomic mass is 10.1. The van der Waals surface area contributed by atoms with Crippen molar-refractivity contribution < 1.29 is 18.4 Å². The van der Waals surface area contributed by atoms with Crippen LogP contribution in [0.15, 0.2) is 69.5 Å². The monoisotopic (exact) mass is 476 g/mol. The lowest BCUT2D eigenvalue weighted by Gasteiger charge is -2.00. The summed E-state index contributed by atoms with van der Waals surface area (Å²) in [5.41, 5.74) is 2.00. The topological polar surface area (TPSA) is 136 Å². The minimum atomic E-state index is -0.192. The molecule has 0 unspecified atom stereocenters. The van der Waals surface area contributed by atoms with E-state index < -0.39 is 0 Å². The number of carbonyl (C=O) groups excluding carboxylic acids is 2. The summed E-state index contributed by atoms with van der Waals surface area (Å²) >= 11 is 0. The number of hydrogen-bond acceptors (Lipinski definition) is 9.